The second kappa shape index (κ2) is 7.17. The van der Waals surface area contributed by atoms with Crippen LogP contribution in [0.1, 0.15) is 37.4 Å². The van der Waals surface area contributed by atoms with Gasteiger partial charge in [-0.1, -0.05) is 30.3 Å². The van der Waals surface area contributed by atoms with Crippen molar-refractivity contribution < 1.29 is 9.53 Å². The van der Waals surface area contributed by atoms with Crippen molar-refractivity contribution in [3.8, 4) is 0 Å². The van der Waals surface area contributed by atoms with Gasteiger partial charge in [-0.2, -0.15) is 0 Å². The number of hydrogen-bond acceptors (Lipinski definition) is 3. The Hall–Kier alpha value is -1.35. The highest BCUT2D eigenvalue weighted by molar-refractivity contribution is 5.38. The lowest BCUT2D eigenvalue weighted by molar-refractivity contribution is -0.134. The summed E-state index contributed by atoms with van der Waals surface area (Å²) >= 11 is 0. The lowest BCUT2D eigenvalue weighted by Crippen LogP contribution is -2.27. The van der Waals surface area contributed by atoms with Gasteiger partial charge in [0.25, 0.3) is 6.47 Å². The first kappa shape index (κ1) is 13.1. The zero-order valence-corrected chi connectivity index (χ0v) is 10.7. The van der Waals surface area contributed by atoms with Crippen molar-refractivity contribution in [2.24, 2.45) is 5.92 Å². The molecule has 3 heteroatoms. The number of carbonyl (C=O) groups excluding carboxylic acids is 1. The van der Waals surface area contributed by atoms with Gasteiger partial charge in [0.2, 0.25) is 0 Å². The van der Waals surface area contributed by atoms with Gasteiger partial charge in [-0.3, -0.25) is 4.79 Å². The van der Waals surface area contributed by atoms with E-state index >= 15 is 0 Å². The first-order valence-corrected chi connectivity index (χ1v) is 6.75. The van der Waals surface area contributed by atoms with Crippen LogP contribution in [0.25, 0.3) is 0 Å². The van der Waals surface area contributed by atoms with E-state index in [4.69, 9.17) is 4.74 Å². The summed E-state index contributed by atoms with van der Waals surface area (Å²) in [5.41, 5.74) is 1.10. The first-order valence-electron chi connectivity index (χ1n) is 6.75. The van der Waals surface area contributed by atoms with Crippen LogP contribution in [0.3, 0.4) is 0 Å². The predicted molar refractivity (Wildman–Crippen MR) is 71.2 cm³/mol. The maximum Gasteiger partial charge on any atom is 0.293 e. The number of rotatable bonds is 6. The molecule has 18 heavy (non-hydrogen) atoms. The molecule has 0 bridgehead atoms. The molecule has 3 nitrogen and oxygen atoms in total. The van der Waals surface area contributed by atoms with Gasteiger partial charge in [-0.25, -0.2) is 0 Å². The van der Waals surface area contributed by atoms with E-state index in [1.807, 2.05) is 30.3 Å². The average molecular weight is 247 g/mol. The van der Waals surface area contributed by atoms with Crippen molar-refractivity contribution >= 4 is 6.47 Å². The minimum atomic E-state index is -0.0846. The Morgan fingerprint density at radius 1 is 1.28 bits per heavy atom. The largest absolute Gasteiger partial charge is 0.460 e. The number of nitrogens with one attached hydrogen (secondary N) is 1. The van der Waals surface area contributed by atoms with Gasteiger partial charge in [-0.15, -0.1) is 0 Å². The van der Waals surface area contributed by atoms with Crippen molar-refractivity contribution in [3.63, 3.8) is 0 Å². The molecule has 0 amide bonds. The van der Waals surface area contributed by atoms with E-state index < -0.39 is 0 Å². The molecule has 1 unspecified atom stereocenters. The molecule has 0 spiro atoms. The van der Waals surface area contributed by atoms with Crippen molar-refractivity contribution in [2.75, 3.05) is 13.1 Å². The Labute approximate surface area is 109 Å². The summed E-state index contributed by atoms with van der Waals surface area (Å²) in [5, 5.41) is 3.37. The SMILES string of the molecule is O=COC(CCC1CCNCC1)c1ccccc1. The maximum absolute atomic E-state index is 10.6. The second-order valence-electron chi connectivity index (χ2n) is 4.90. The quantitative estimate of drug-likeness (QED) is 0.785. The number of benzene rings is 1. The molecule has 0 aliphatic carbocycles. The van der Waals surface area contributed by atoms with Gasteiger partial charge < -0.3 is 10.1 Å². The van der Waals surface area contributed by atoms with Gasteiger partial charge in [0, 0.05) is 0 Å². The molecule has 0 radical (unpaired) electrons. The standard InChI is InChI=1S/C15H21NO2/c17-12-18-15(14-4-2-1-3-5-14)7-6-13-8-10-16-11-9-13/h1-5,12-13,15-16H,6-11H2. The molecule has 98 valence electrons. The molecule has 2 rings (SSSR count). The lowest BCUT2D eigenvalue weighted by atomic mass is 9.90. The number of carbonyl (C=O) groups is 1. The van der Waals surface area contributed by atoms with Crippen LogP contribution in [0.15, 0.2) is 30.3 Å². The van der Waals surface area contributed by atoms with Gasteiger partial charge in [-0.05, 0) is 50.3 Å². The van der Waals surface area contributed by atoms with Gasteiger partial charge in [0.15, 0.2) is 0 Å². The van der Waals surface area contributed by atoms with E-state index in [0.29, 0.717) is 6.47 Å². The van der Waals surface area contributed by atoms with Crippen LogP contribution in [-0.4, -0.2) is 19.6 Å². The van der Waals surface area contributed by atoms with Crippen LogP contribution in [0.2, 0.25) is 0 Å². The summed E-state index contributed by atoms with van der Waals surface area (Å²) in [6.45, 7) is 2.81. The molecule has 0 aromatic heterocycles. The maximum atomic E-state index is 10.6. The molecule has 1 aliphatic heterocycles. The molecule has 0 saturated carbocycles. The van der Waals surface area contributed by atoms with Crippen LogP contribution >= 0.6 is 0 Å². The Kier molecular flexibility index (Phi) is 5.21. The van der Waals surface area contributed by atoms with E-state index in [-0.39, 0.29) is 6.10 Å². The summed E-state index contributed by atoms with van der Waals surface area (Å²) in [4.78, 5) is 10.6. The average Bonchev–Trinajstić information content (AvgIpc) is 2.45. The molecule has 1 aliphatic rings. The molecule has 1 N–H and O–H groups in total. The van der Waals surface area contributed by atoms with Gasteiger partial charge in [0.1, 0.15) is 6.10 Å². The zero-order valence-electron chi connectivity index (χ0n) is 10.7. The van der Waals surface area contributed by atoms with E-state index in [2.05, 4.69) is 5.32 Å². The number of piperidine rings is 1. The van der Waals surface area contributed by atoms with E-state index in [1.165, 1.54) is 12.8 Å². The van der Waals surface area contributed by atoms with E-state index in [0.717, 1.165) is 37.4 Å². The van der Waals surface area contributed by atoms with E-state index in [9.17, 15) is 4.79 Å². The Morgan fingerprint density at radius 2 is 2.00 bits per heavy atom. The fourth-order valence-corrected chi connectivity index (χ4v) is 2.61. The van der Waals surface area contributed by atoms with Crippen LogP contribution in [0.4, 0.5) is 0 Å². The minimum Gasteiger partial charge on any atom is -0.460 e. The zero-order chi connectivity index (χ0) is 12.6. The highest BCUT2D eigenvalue weighted by Gasteiger charge is 2.17. The predicted octanol–water partition coefficient (Wildman–Crippen LogP) is 2.68. The van der Waals surface area contributed by atoms with Crippen LogP contribution in [-0.2, 0) is 9.53 Å². The normalized spacial score (nSPS) is 18.2. The fraction of sp³-hybridized carbons (Fsp3) is 0.533. The number of ether oxygens (including phenoxy) is 1. The summed E-state index contributed by atoms with van der Waals surface area (Å²) in [6, 6.07) is 10.0. The first-order chi connectivity index (χ1) is 8.90. The highest BCUT2D eigenvalue weighted by atomic mass is 16.5. The van der Waals surface area contributed by atoms with Crippen molar-refractivity contribution in [2.45, 2.75) is 31.8 Å². The third-order valence-corrected chi connectivity index (χ3v) is 3.69. The topological polar surface area (TPSA) is 38.3 Å². The molecule has 1 atom stereocenters. The minimum absolute atomic E-state index is 0.0846. The van der Waals surface area contributed by atoms with Crippen LogP contribution in [0, 0.1) is 5.92 Å². The van der Waals surface area contributed by atoms with Crippen molar-refractivity contribution in [1.82, 2.24) is 5.32 Å². The smallest absolute Gasteiger partial charge is 0.293 e. The third-order valence-electron chi connectivity index (χ3n) is 3.69. The second-order valence-corrected chi connectivity index (χ2v) is 4.90. The van der Waals surface area contributed by atoms with Crippen LogP contribution in [0.5, 0.6) is 0 Å². The summed E-state index contributed by atoms with van der Waals surface area (Å²) < 4.78 is 5.22. The molecular formula is C15H21NO2. The number of hydrogen-bond donors (Lipinski definition) is 1. The van der Waals surface area contributed by atoms with Crippen molar-refractivity contribution in [3.05, 3.63) is 35.9 Å². The van der Waals surface area contributed by atoms with Gasteiger partial charge in [0.05, 0.1) is 0 Å². The highest BCUT2D eigenvalue weighted by Crippen LogP contribution is 2.27. The summed E-state index contributed by atoms with van der Waals surface area (Å²) in [5.74, 6) is 0.771. The third kappa shape index (κ3) is 3.84. The fourth-order valence-electron chi connectivity index (χ4n) is 2.61. The van der Waals surface area contributed by atoms with E-state index in [1.54, 1.807) is 0 Å². The Balaban J connectivity index is 1.88. The molecule has 1 aromatic carbocycles. The molecule has 1 saturated heterocycles. The Bertz CT molecular complexity index is 347. The lowest BCUT2D eigenvalue weighted by Gasteiger charge is -2.24. The monoisotopic (exact) mass is 247 g/mol. The summed E-state index contributed by atoms with van der Waals surface area (Å²) in [7, 11) is 0. The molecule has 1 fully saturated rings. The van der Waals surface area contributed by atoms with Crippen molar-refractivity contribution in [1.29, 1.82) is 0 Å². The molecular weight excluding hydrogens is 226 g/mol. The molecule has 1 heterocycles. The summed E-state index contributed by atoms with van der Waals surface area (Å²) in [6.07, 6.45) is 4.45. The Morgan fingerprint density at radius 3 is 2.67 bits per heavy atom. The molecule has 1 aromatic rings. The van der Waals surface area contributed by atoms with Crippen LogP contribution < -0.4 is 5.32 Å². The van der Waals surface area contributed by atoms with Gasteiger partial charge >= 0.3 is 0 Å².